The molecule has 1 fully saturated rings. The van der Waals surface area contributed by atoms with Crippen LogP contribution in [0, 0.1) is 0 Å². The van der Waals surface area contributed by atoms with E-state index in [0.29, 0.717) is 11.6 Å². The van der Waals surface area contributed by atoms with Gasteiger partial charge in [0.1, 0.15) is 0 Å². The Kier molecular flexibility index (Phi) is 6.44. The molecule has 0 saturated carbocycles. The van der Waals surface area contributed by atoms with Crippen LogP contribution in [0.2, 0.25) is 0 Å². The molecule has 0 spiro atoms. The van der Waals surface area contributed by atoms with E-state index in [9.17, 15) is 13.2 Å². The minimum absolute atomic E-state index is 0.00535. The van der Waals surface area contributed by atoms with Crippen molar-refractivity contribution in [3.8, 4) is 11.4 Å². The highest BCUT2D eigenvalue weighted by atomic mass is 32.2. The van der Waals surface area contributed by atoms with Gasteiger partial charge in [0.2, 0.25) is 5.91 Å². The maximum absolute atomic E-state index is 13.0. The fourth-order valence-electron chi connectivity index (χ4n) is 3.48. The average molecular weight is 423 g/mol. The van der Waals surface area contributed by atoms with Gasteiger partial charge in [0.25, 0.3) is 0 Å². The molecule has 2 aromatic rings. The number of rotatable bonds is 7. The van der Waals surface area contributed by atoms with Crippen LogP contribution >= 0.6 is 11.8 Å². The van der Waals surface area contributed by atoms with Gasteiger partial charge < -0.3 is 9.47 Å². The molecule has 1 aromatic carbocycles. The van der Waals surface area contributed by atoms with Crippen molar-refractivity contribution in [2.75, 3.05) is 17.3 Å². The number of hydrogen-bond acceptors (Lipinski definition) is 6. The van der Waals surface area contributed by atoms with Crippen molar-refractivity contribution >= 4 is 27.5 Å². The van der Waals surface area contributed by atoms with Crippen molar-refractivity contribution in [3.63, 3.8) is 0 Å². The third-order valence-electron chi connectivity index (χ3n) is 5.15. The van der Waals surface area contributed by atoms with E-state index in [4.69, 9.17) is 0 Å². The van der Waals surface area contributed by atoms with Gasteiger partial charge in [-0.3, -0.25) is 4.79 Å². The largest absolute Gasteiger partial charge is 0.335 e. The summed E-state index contributed by atoms with van der Waals surface area (Å²) in [6.07, 6.45) is 1.31. The quantitative estimate of drug-likeness (QED) is 0.637. The minimum Gasteiger partial charge on any atom is -0.335 e. The number of benzene rings is 1. The standard InChI is InChI=1S/C19H26N4O3S2/c1-4-14(2)23(16-10-11-28(25,26)13-16)17(24)12-27-19-21-20-18(22(19)3)15-8-6-5-7-9-15/h5-9,14,16H,4,10-13H2,1-3H3/t14-,16-/m1/s1. The summed E-state index contributed by atoms with van der Waals surface area (Å²) in [6.45, 7) is 3.99. The first kappa shape index (κ1) is 20.9. The highest BCUT2D eigenvalue weighted by Gasteiger charge is 2.36. The molecule has 2 atom stereocenters. The Bertz CT molecular complexity index is 928. The Morgan fingerprint density at radius 1 is 1.32 bits per heavy atom. The Balaban J connectivity index is 1.70. The summed E-state index contributed by atoms with van der Waals surface area (Å²) < 4.78 is 25.6. The number of thioether (sulfide) groups is 1. The number of carbonyl (C=O) groups is 1. The molecule has 1 aliphatic rings. The summed E-state index contributed by atoms with van der Waals surface area (Å²) in [4.78, 5) is 14.7. The first-order valence-electron chi connectivity index (χ1n) is 9.41. The molecular formula is C19H26N4O3S2. The Morgan fingerprint density at radius 2 is 2.04 bits per heavy atom. The zero-order valence-electron chi connectivity index (χ0n) is 16.4. The zero-order chi connectivity index (χ0) is 20.3. The van der Waals surface area contributed by atoms with Crippen LogP contribution in [0.1, 0.15) is 26.7 Å². The summed E-state index contributed by atoms with van der Waals surface area (Å²) in [7, 11) is -1.16. The van der Waals surface area contributed by atoms with Crippen LogP contribution in [0.3, 0.4) is 0 Å². The first-order valence-corrected chi connectivity index (χ1v) is 12.2. The topological polar surface area (TPSA) is 85.2 Å². The SMILES string of the molecule is CC[C@@H](C)N(C(=O)CSc1nnc(-c2ccccc2)n1C)[C@@H]1CCS(=O)(=O)C1. The summed E-state index contributed by atoms with van der Waals surface area (Å²) in [5.41, 5.74) is 0.966. The number of nitrogens with zero attached hydrogens (tertiary/aromatic N) is 4. The molecular weight excluding hydrogens is 396 g/mol. The lowest BCUT2D eigenvalue weighted by Crippen LogP contribution is -2.47. The molecule has 0 bridgehead atoms. The van der Waals surface area contributed by atoms with Gasteiger partial charge in [-0.15, -0.1) is 10.2 Å². The van der Waals surface area contributed by atoms with Crippen LogP contribution in [0.4, 0.5) is 0 Å². The summed E-state index contributed by atoms with van der Waals surface area (Å²) in [6, 6.07) is 9.54. The van der Waals surface area contributed by atoms with Gasteiger partial charge in [-0.05, 0) is 19.8 Å². The average Bonchev–Trinajstić information content (AvgIpc) is 3.22. The fourth-order valence-corrected chi connectivity index (χ4v) is 5.97. The number of carbonyl (C=O) groups excluding carboxylic acids is 1. The number of amides is 1. The number of sulfone groups is 1. The molecule has 9 heteroatoms. The van der Waals surface area contributed by atoms with Crippen molar-refractivity contribution in [3.05, 3.63) is 30.3 Å². The van der Waals surface area contributed by atoms with Crippen molar-refractivity contribution in [2.45, 2.75) is 43.9 Å². The van der Waals surface area contributed by atoms with Crippen LogP contribution < -0.4 is 0 Å². The lowest BCUT2D eigenvalue weighted by atomic mass is 10.1. The molecule has 3 rings (SSSR count). The third-order valence-corrected chi connectivity index (χ3v) is 7.90. The molecule has 7 nitrogen and oxygen atoms in total. The first-order chi connectivity index (χ1) is 13.3. The number of hydrogen-bond donors (Lipinski definition) is 0. The van der Waals surface area contributed by atoms with E-state index in [0.717, 1.165) is 17.8 Å². The van der Waals surface area contributed by atoms with Crippen LogP contribution in [-0.2, 0) is 21.7 Å². The maximum atomic E-state index is 13.0. The predicted octanol–water partition coefficient (Wildman–Crippen LogP) is 2.39. The van der Waals surface area contributed by atoms with Gasteiger partial charge in [-0.25, -0.2) is 8.42 Å². The van der Waals surface area contributed by atoms with Gasteiger partial charge in [0.05, 0.1) is 17.3 Å². The summed E-state index contributed by atoms with van der Waals surface area (Å²) in [5, 5.41) is 9.13. The van der Waals surface area contributed by atoms with Gasteiger partial charge in [-0.1, -0.05) is 49.0 Å². The molecule has 1 amide bonds. The second-order valence-electron chi connectivity index (χ2n) is 7.14. The predicted molar refractivity (Wildman–Crippen MR) is 111 cm³/mol. The molecule has 2 heterocycles. The highest BCUT2D eigenvalue weighted by molar-refractivity contribution is 7.99. The molecule has 0 N–H and O–H groups in total. The van der Waals surface area contributed by atoms with E-state index in [1.54, 1.807) is 4.90 Å². The van der Waals surface area contributed by atoms with E-state index in [1.165, 1.54) is 11.8 Å². The lowest BCUT2D eigenvalue weighted by molar-refractivity contribution is -0.132. The monoisotopic (exact) mass is 422 g/mol. The van der Waals surface area contributed by atoms with Gasteiger partial charge in [0, 0.05) is 24.7 Å². The summed E-state index contributed by atoms with van der Waals surface area (Å²) >= 11 is 1.33. The molecule has 0 unspecified atom stereocenters. The van der Waals surface area contributed by atoms with E-state index in [1.807, 2.05) is 55.8 Å². The second kappa shape index (κ2) is 8.65. The van der Waals surface area contributed by atoms with E-state index in [-0.39, 0.29) is 35.2 Å². The maximum Gasteiger partial charge on any atom is 0.233 e. The highest BCUT2D eigenvalue weighted by Crippen LogP contribution is 2.25. The van der Waals surface area contributed by atoms with Crippen molar-refractivity contribution in [2.24, 2.45) is 7.05 Å². The van der Waals surface area contributed by atoms with E-state index >= 15 is 0 Å². The molecule has 28 heavy (non-hydrogen) atoms. The summed E-state index contributed by atoms with van der Waals surface area (Å²) in [5.74, 6) is 1.13. The Morgan fingerprint density at radius 3 is 2.64 bits per heavy atom. The van der Waals surface area contributed by atoms with Crippen molar-refractivity contribution in [1.82, 2.24) is 19.7 Å². The third kappa shape index (κ3) is 4.57. The minimum atomic E-state index is -3.04. The molecule has 1 aliphatic heterocycles. The van der Waals surface area contributed by atoms with Crippen molar-refractivity contribution < 1.29 is 13.2 Å². The van der Waals surface area contributed by atoms with Gasteiger partial charge >= 0.3 is 0 Å². The van der Waals surface area contributed by atoms with Gasteiger partial charge in [-0.2, -0.15) is 0 Å². The van der Waals surface area contributed by atoms with Crippen molar-refractivity contribution in [1.29, 1.82) is 0 Å². The van der Waals surface area contributed by atoms with E-state index < -0.39 is 9.84 Å². The molecule has 1 saturated heterocycles. The molecule has 0 radical (unpaired) electrons. The lowest BCUT2D eigenvalue weighted by Gasteiger charge is -2.33. The number of aromatic nitrogens is 3. The molecule has 0 aliphatic carbocycles. The zero-order valence-corrected chi connectivity index (χ0v) is 18.0. The Hall–Kier alpha value is -1.87. The van der Waals surface area contributed by atoms with Crippen LogP contribution in [0.25, 0.3) is 11.4 Å². The smallest absolute Gasteiger partial charge is 0.233 e. The Labute approximate surface area is 170 Å². The van der Waals surface area contributed by atoms with Crippen LogP contribution in [-0.4, -0.2) is 63.3 Å². The second-order valence-corrected chi connectivity index (χ2v) is 10.3. The normalized spacial score (nSPS) is 19.5. The van der Waals surface area contributed by atoms with Crippen LogP contribution in [0.5, 0.6) is 0 Å². The van der Waals surface area contributed by atoms with E-state index in [2.05, 4.69) is 10.2 Å². The molecule has 152 valence electrons. The fraction of sp³-hybridized carbons (Fsp3) is 0.526. The van der Waals surface area contributed by atoms with Gasteiger partial charge in [0.15, 0.2) is 20.8 Å². The molecule has 1 aromatic heterocycles. The van der Waals surface area contributed by atoms with Crippen LogP contribution in [0.15, 0.2) is 35.5 Å².